The van der Waals surface area contributed by atoms with Crippen LogP contribution in [0.25, 0.3) is 0 Å². The lowest BCUT2D eigenvalue weighted by atomic mass is 9.98. The van der Waals surface area contributed by atoms with Crippen LogP contribution in [0.4, 0.5) is 13.2 Å². The van der Waals surface area contributed by atoms with Crippen LogP contribution in [0, 0.1) is 17.5 Å². The van der Waals surface area contributed by atoms with E-state index in [0.29, 0.717) is 15.6 Å². The molecule has 1 unspecified atom stereocenters. The van der Waals surface area contributed by atoms with Crippen LogP contribution in [-0.4, -0.2) is 0 Å². The van der Waals surface area contributed by atoms with Gasteiger partial charge in [0.05, 0.1) is 16.1 Å². The van der Waals surface area contributed by atoms with Gasteiger partial charge in [-0.15, -0.1) is 0 Å². The average Bonchev–Trinajstić information content (AvgIpc) is 2.47. The summed E-state index contributed by atoms with van der Waals surface area (Å²) in [6, 6.07) is 6.18. The largest absolute Gasteiger partial charge is 0.271 e. The van der Waals surface area contributed by atoms with E-state index >= 15 is 0 Å². The van der Waals surface area contributed by atoms with Gasteiger partial charge in [-0.3, -0.25) is 11.3 Å². The molecule has 2 nitrogen and oxygen atoms in total. The molecule has 0 fully saturated rings. The number of rotatable bonds is 4. The Balaban J connectivity index is 2.37. The van der Waals surface area contributed by atoms with Crippen LogP contribution in [-0.2, 0) is 6.42 Å². The maximum atomic E-state index is 13.8. The first-order valence-corrected chi connectivity index (χ1v) is 6.73. The van der Waals surface area contributed by atoms with Crippen molar-refractivity contribution in [2.24, 2.45) is 5.84 Å². The molecule has 0 aliphatic heterocycles. The van der Waals surface area contributed by atoms with E-state index in [-0.39, 0.29) is 12.0 Å². The summed E-state index contributed by atoms with van der Waals surface area (Å²) in [5.74, 6) is 1.31. The van der Waals surface area contributed by atoms with Crippen molar-refractivity contribution < 1.29 is 13.2 Å². The molecular weight excluding hydrogens is 324 g/mol. The molecule has 21 heavy (non-hydrogen) atoms. The molecule has 0 radical (unpaired) electrons. The van der Waals surface area contributed by atoms with E-state index in [0.717, 1.165) is 12.1 Å². The zero-order valence-corrected chi connectivity index (χ0v) is 12.2. The number of hydrogen-bond donors (Lipinski definition) is 2. The van der Waals surface area contributed by atoms with E-state index < -0.39 is 23.5 Å². The summed E-state index contributed by atoms with van der Waals surface area (Å²) < 4.78 is 40.1. The summed E-state index contributed by atoms with van der Waals surface area (Å²) in [7, 11) is 0. The highest BCUT2D eigenvalue weighted by molar-refractivity contribution is 6.42. The van der Waals surface area contributed by atoms with Crippen molar-refractivity contribution in [2.45, 2.75) is 12.5 Å². The summed E-state index contributed by atoms with van der Waals surface area (Å²) in [4.78, 5) is 0. The molecule has 1 atom stereocenters. The van der Waals surface area contributed by atoms with Gasteiger partial charge in [0, 0.05) is 5.56 Å². The van der Waals surface area contributed by atoms with Crippen LogP contribution in [0.2, 0.25) is 10.0 Å². The summed E-state index contributed by atoms with van der Waals surface area (Å²) in [5.41, 5.74) is 2.89. The zero-order valence-electron chi connectivity index (χ0n) is 10.6. The van der Waals surface area contributed by atoms with E-state index in [9.17, 15) is 13.2 Å². The monoisotopic (exact) mass is 334 g/mol. The van der Waals surface area contributed by atoms with Crippen LogP contribution in [0.5, 0.6) is 0 Å². The van der Waals surface area contributed by atoms with Gasteiger partial charge >= 0.3 is 0 Å². The Hall–Kier alpha value is -1.27. The fraction of sp³-hybridized carbons (Fsp3) is 0.143. The fourth-order valence-corrected chi connectivity index (χ4v) is 2.39. The molecule has 0 spiro atoms. The minimum Gasteiger partial charge on any atom is -0.271 e. The van der Waals surface area contributed by atoms with Gasteiger partial charge in [0.2, 0.25) is 0 Å². The van der Waals surface area contributed by atoms with Gasteiger partial charge in [-0.2, -0.15) is 0 Å². The third-order valence-electron chi connectivity index (χ3n) is 3.10. The third-order valence-corrected chi connectivity index (χ3v) is 3.96. The molecule has 0 amide bonds. The third kappa shape index (κ3) is 3.32. The highest BCUT2D eigenvalue weighted by Gasteiger charge is 2.21. The first kappa shape index (κ1) is 16.1. The molecule has 0 aromatic heterocycles. The van der Waals surface area contributed by atoms with Crippen molar-refractivity contribution in [3.8, 4) is 0 Å². The Bertz CT molecular complexity index is 665. The quantitative estimate of drug-likeness (QED) is 0.500. The predicted octanol–water partition coefficient (Wildman–Crippen LogP) is 4.16. The van der Waals surface area contributed by atoms with E-state index in [2.05, 4.69) is 5.43 Å². The molecule has 0 aliphatic rings. The zero-order chi connectivity index (χ0) is 15.6. The minimum absolute atomic E-state index is 0.0903. The first-order valence-electron chi connectivity index (χ1n) is 5.98. The van der Waals surface area contributed by atoms with E-state index in [1.54, 1.807) is 18.2 Å². The van der Waals surface area contributed by atoms with Crippen molar-refractivity contribution in [2.75, 3.05) is 0 Å². The van der Waals surface area contributed by atoms with Gasteiger partial charge in [0.15, 0.2) is 17.5 Å². The van der Waals surface area contributed by atoms with E-state index in [4.69, 9.17) is 29.0 Å². The molecule has 2 aromatic rings. The molecule has 0 heterocycles. The van der Waals surface area contributed by atoms with Crippen molar-refractivity contribution in [1.82, 2.24) is 5.43 Å². The SMILES string of the molecule is NNC(Cc1cccc(Cl)c1Cl)c1ccc(F)c(F)c1F. The number of halogens is 5. The number of nitrogens with two attached hydrogens (primary N) is 1. The molecule has 7 heteroatoms. The van der Waals surface area contributed by atoms with E-state index in [1.807, 2.05) is 0 Å². The summed E-state index contributed by atoms with van der Waals surface area (Å²) >= 11 is 11.9. The minimum atomic E-state index is -1.54. The molecule has 2 rings (SSSR count). The van der Waals surface area contributed by atoms with Crippen LogP contribution >= 0.6 is 23.2 Å². The second-order valence-corrected chi connectivity index (χ2v) is 5.19. The maximum absolute atomic E-state index is 13.8. The van der Waals surface area contributed by atoms with Gasteiger partial charge in [0.25, 0.3) is 0 Å². The van der Waals surface area contributed by atoms with Gasteiger partial charge in [-0.25, -0.2) is 13.2 Å². The summed E-state index contributed by atoms with van der Waals surface area (Å²) in [6.07, 6.45) is 0.165. The highest BCUT2D eigenvalue weighted by Crippen LogP contribution is 2.30. The molecule has 0 aliphatic carbocycles. The smallest absolute Gasteiger partial charge is 0.194 e. The molecule has 0 bridgehead atoms. The molecule has 3 N–H and O–H groups in total. The van der Waals surface area contributed by atoms with Crippen molar-refractivity contribution in [3.05, 3.63) is 69.0 Å². The summed E-state index contributed by atoms with van der Waals surface area (Å²) in [6.45, 7) is 0. The molecule has 0 saturated carbocycles. The molecule has 0 saturated heterocycles. The lowest BCUT2D eigenvalue weighted by molar-refractivity contribution is 0.425. The lowest BCUT2D eigenvalue weighted by Gasteiger charge is -2.18. The van der Waals surface area contributed by atoms with Crippen molar-refractivity contribution in [1.29, 1.82) is 0 Å². The number of hydrogen-bond acceptors (Lipinski definition) is 2. The first-order chi connectivity index (χ1) is 9.95. The van der Waals surface area contributed by atoms with Gasteiger partial charge in [-0.1, -0.05) is 41.4 Å². The average molecular weight is 335 g/mol. The predicted molar refractivity (Wildman–Crippen MR) is 76.5 cm³/mol. The van der Waals surface area contributed by atoms with Crippen molar-refractivity contribution >= 4 is 23.2 Å². The topological polar surface area (TPSA) is 38.0 Å². The Labute approximate surface area is 129 Å². The van der Waals surface area contributed by atoms with E-state index in [1.165, 1.54) is 0 Å². The van der Waals surface area contributed by atoms with Crippen LogP contribution in [0.1, 0.15) is 17.2 Å². The van der Waals surface area contributed by atoms with Crippen LogP contribution < -0.4 is 11.3 Å². The number of hydrazine groups is 1. The second kappa shape index (κ2) is 6.66. The number of nitrogens with one attached hydrogen (secondary N) is 1. The van der Waals surface area contributed by atoms with Gasteiger partial charge < -0.3 is 0 Å². The molecule has 2 aromatic carbocycles. The molecule has 112 valence electrons. The van der Waals surface area contributed by atoms with Gasteiger partial charge in [-0.05, 0) is 24.1 Å². The molecular formula is C14H11Cl2F3N2. The lowest BCUT2D eigenvalue weighted by Crippen LogP contribution is -2.30. The highest BCUT2D eigenvalue weighted by atomic mass is 35.5. The number of benzene rings is 2. The van der Waals surface area contributed by atoms with Crippen LogP contribution in [0.15, 0.2) is 30.3 Å². The Morgan fingerprint density at radius 3 is 2.43 bits per heavy atom. The Kier molecular flexibility index (Phi) is 5.11. The Morgan fingerprint density at radius 2 is 1.76 bits per heavy atom. The fourth-order valence-electron chi connectivity index (χ4n) is 1.99. The normalized spacial score (nSPS) is 12.5. The van der Waals surface area contributed by atoms with Crippen molar-refractivity contribution in [3.63, 3.8) is 0 Å². The Morgan fingerprint density at radius 1 is 1.05 bits per heavy atom. The van der Waals surface area contributed by atoms with Crippen LogP contribution in [0.3, 0.4) is 0 Å². The standard InChI is InChI=1S/C14H11Cl2F3N2/c15-9-3-1-2-7(12(9)16)6-11(21-20)8-4-5-10(17)14(19)13(8)18/h1-5,11,21H,6,20H2. The van der Waals surface area contributed by atoms with Gasteiger partial charge in [0.1, 0.15) is 0 Å². The summed E-state index contributed by atoms with van der Waals surface area (Å²) in [5, 5.41) is 0.651. The maximum Gasteiger partial charge on any atom is 0.194 e. The second-order valence-electron chi connectivity index (χ2n) is 4.40.